The topological polar surface area (TPSA) is 84.9 Å². The van der Waals surface area contributed by atoms with E-state index >= 15 is 0 Å². The van der Waals surface area contributed by atoms with Crippen LogP contribution in [0.15, 0.2) is 18.2 Å². The van der Waals surface area contributed by atoms with Gasteiger partial charge in [-0.25, -0.2) is 0 Å². The van der Waals surface area contributed by atoms with Crippen molar-refractivity contribution in [1.82, 2.24) is 5.32 Å². The molecule has 116 valence electrons. The summed E-state index contributed by atoms with van der Waals surface area (Å²) >= 11 is 0. The van der Waals surface area contributed by atoms with Crippen molar-refractivity contribution >= 4 is 11.9 Å². The van der Waals surface area contributed by atoms with Crippen LogP contribution in [0.25, 0.3) is 0 Å². The Kier molecular flexibility index (Phi) is 6.52. The Hall–Kier alpha value is -2.24. The van der Waals surface area contributed by atoms with Gasteiger partial charge in [-0.15, -0.1) is 0 Å². The van der Waals surface area contributed by atoms with E-state index in [0.29, 0.717) is 18.0 Å². The van der Waals surface area contributed by atoms with Crippen LogP contribution in [0.5, 0.6) is 11.5 Å². The van der Waals surface area contributed by atoms with Crippen molar-refractivity contribution in [1.29, 1.82) is 0 Å². The summed E-state index contributed by atoms with van der Waals surface area (Å²) in [4.78, 5) is 21.8. The highest BCUT2D eigenvalue weighted by Crippen LogP contribution is 2.28. The Morgan fingerprint density at radius 3 is 2.52 bits per heavy atom. The van der Waals surface area contributed by atoms with Crippen LogP contribution in [0, 0.1) is 0 Å². The number of carboxylic acid groups (broad SMARTS) is 1. The third kappa shape index (κ3) is 6.16. The Bertz CT molecular complexity index is 499. The Balaban J connectivity index is 2.60. The zero-order chi connectivity index (χ0) is 15.8. The summed E-state index contributed by atoms with van der Waals surface area (Å²) in [5, 5.41) is 11.2. The van der Waals surface area contributed by atoms with Gasteiger partial charge in [-0.05, 0) is 31.5 Å². The average Bonchev–Trinajstić information content (AvgIpc) is 2.43. The van der Waals surface area contributed by atoms with E-state index in [1.165, 1.54) is 0 Å². The van der Waals surface area contributed by atoms with Crippen molar-refractivity contribution < 1.29 is 24.2 Å². The number of benzene rings is 1. The van der Waals surface area contributed by atoms with Crippen LogP contribution >= 0.6 is 0 Å². The van der Waals surface area contributed by atoms with Crippen LogP contribution in [-0.2, 0) is 16.1 Å². The molecule has 0 unspecified atom stereocenters. The molecule has 0 heterocycles. The molecule has 1 aromatic rings. The summed E-state index contributed by atoms with van der Waals surface area (Å²) in [5.41, 5.74) is 0.853. The lowest BCUT2D eigenvalue weighted by molar-refractivity contribution is -0.138. The summed E-state index contributed by atoms with van der Waals surface area (Å²) in [7, 11) is 1.55. The minimum Gasteiger partial charge on any atom is -0.493 e. The SMILES string of the molecule is COc1cc(CNC(=O)CCC(=O)O)ccc1OC(C)C. The number of ether oxygens (including phenoxy) is 2. The number of carboxylic acids is 1. The number of hydrogen-bond donors (Lipinski definition) is 2. The van der Waals surface area contributed by atoms with E-state index < -0.39 is 5.97 Å². The fourth-order valence-electron chi connectivity index (χ4n) is 1.68. The number of hydrogen-bond acceptors (Lipinski definition) is 4. The van der Waals surface area contributed by atoms with Gasteiger partial charge in [-0.3, -0.25) is 9.59 Å². The fourth-order valence-corrected chi connectivity index (χ4v) is 1.68. The van der Waals surface area contributed by atoms with Crippen LogP contribution in [0.2, 0.25) is 0 Å². The summed E-state index contributed by atoms with van der Waals surface area (Å²) in [6, 6.07) is 5.41. The van der Waals surface area contributed by atoms with Gasteiger partial charge in [0.2, 0.25) is 5.91 Å². The van der Waals surface area contributed by atoms with Crippen LogP contribution in [-0.4, -0.2) is 30.2 Å². The van der Waals surface area contributed by atoms with E-state index in [4.69, 9.17) is 14.6 Å². The molecule has 6 heteroatoms. The number of aliphatic carboxylic acids is 1. The minimum atomic E-state index is -0.984. The molecular formula is C15H21NO5. The highest BCUT2D eigenvalue weighted by atomic mass is 16.5. The third-order valence-electron chi connectivity index (χ3n) is 2.65. The standard InChI is InChI=1S/C15H21NO5/c1-10(2)21-12-5-4-11(8-13(12)20-3)9-16-14(17)6-7-15(18)19/h4-5,8,10H,6-7,9H2,1-3H3,(H,16,17)(H,18,19). The van der Waals surface area contributed by atoms with Crippen molar-refractivity contribution in [3.63, 3.8) is 0 Å². The summed E-state index contributed by atoms with van der Waals surface area (Å²) in [6.45, 7) is 4.17. The van der Waals surface area contributed by atoms with E-state index in [2.05, 4.69) is 5.32 Å². The van der Waals surface area contributed by atoms with Crippen molar-refractivity contribution in [2.75, 3.05) is 7.11 Å². The smallest absolute Gasteiger partial charge is 0.303 e. The predicted molar refractivity (Wildman–Crippen MR) is 77.5 cm³/mol. The maximum atomic E-state index is 11.5. The van der Waals surface area contributed by atoms with Gasteiger partial charge < -0.3 is 19.9 Å². The first-order valence-corrected chi connectivity index (χ1v) is 6.74. The largest absolute Gasteiger partial charge is 0.493 e. The van der Waals surface area contributed by atoms with Crippen LogP contribution in [0.1, 0.15) is 32.3 Å². The van der Waals surface area contributed by atoms with Crippen molar-refractivity contribution in [2.24, 2.45) is 0 Å². The molecule has 0 saturated carbocycles. The number of methoxy groups -OCH3 is 1. The van der Waals surface area contributed by atoms with Gasteiger partial charge in [-0.2, -0.15) is 0 Å². The molecule has 0 atom stereocenters. The maximum Gasteiger partial charge on any atom is 0.303 e. The van der Waals surface area contributed by atoms with E-state index in [-0.39, 0.29) is 24.9 Å². The molecule has 0 bridgehead atoms. The number of carbonyl (C=O) groups is 2. The highest BCUT2D eigenvalue weighted by Gasteiger charge is 2.09. The van der Waals surface area contributed by atoms with E-state index in [0.717, 1.165) is 5.56 Å². The first-order valence-electron chi connectivity index (χ1n) is 6.74. The van der Waals surface area contributed by atoms with Crippen molar-refractivity contribution in [2.45, 2.75) is 39.3 Å². The van der Waals surface area contributed by atoms with Crippen LogP contribution in [0.4, 0.5) is 0 Å². The fraction of sp³-hybridized carbons (Fsp3) is 0.467. The van der Waals surface area contributed by atoms with Crippen LogP contribution in [0.3, 0.4) is 0 Å². The van der Waals surface area contributed by atoms with Gasteiger partial charge >= 0.3 is 5.97 Å². The molecule has 1 rings (SSSR count). The summed E-state index contributed by atoms with van der Waals surface area (Å²) < 4.78 is 10.9. The highest BCUT2D eigenvalue weighted by molar-refractivity contribution is 5.80. The quantitative estimate of drug-likeness (QED) is 0.766. The zero-order valence-electron chi connectivity index (χ0n) is 12.5. The minimum absolute atomic E-state index is 0.0268. The first kappa shape index (κ1) is 16.8. The van der Waals surface area contributed by atoms with Gasteiger partial charge in [-0.1, -0.05) is 6.07 Å². The van der Waals surface area contributed by atoms with E-state index in [1.807, 2.05) is 19.9 Å². The van der Waals surface area contributed by atoms with Gasteiger partial charge in [0.25, 0.3) is 0 Å². The zero-order valence-corrected chi connectivity index (χ0v) is 12.5. The Morgan fingerprint density at radius 2 is 1.95 bits per heavy atom. The van der Waals surface area contributed by atoms with Crippen LogP contribution < -0.4 is 14.8 Å². The molecule has 2 N–H and O–H groups in total. The van der Waals surface area contributed by atoms with E-state index in [1.54, 1.807) is 19.2 Å². The molecule has 1 amide bonds. The number of nitrogens with one attached hydrogen (secondary N) is 1. The molecule has 6 nitrogen and oxygen atoms in total. The molecule has 0 aromatic heterocycles. The summed E-state index contributed by atoms with van der Waals surface area (Å²) in [6.07, 6.45) is -0.155. The molecular weight excluding hydrogens is 274 g/mol. The number of amides is 1. The van der Waals surface area contributed by atoms with Gasteiger partial charge in [0.15, 0.2) is 11.5 Å². The number of rotatable bonds is 8. The Morgan fingerprint density at radius 1 is 1.24 bits per heavy atom. The van der Waals surface area contributed by atoms with Crippen molar-refractivity contribution in [3.8, 4) is 11.5 Å². The second-order valence-corrected chi connectivity index (χ2v) is 4.82. The molecule has 1 aromatic carbocycles. The molecule has 0 aliphatic rings. The maximum absolute atomic E-state index is 11.5. The molecule has 0 aliphatic carbocycles. The predicted octanol–water partition coefficient (Wildman–Crippen LogP) is 1.96. The molecule has 0 radical (unpaired) electrons. The lowest BCUT2D eigenvalue weighted by Crippen LogP contribution is -2.23. The molecule has 0 aliphatic heterocycles. The lowest BCUT2D eigenvalue weighted by Gasteiger charge is -2.14. The molecule has 0 spiro atoms. The number of carbonyl (C=O) groups excluding carboxylic acids is 1. The molecule has 0 saturated heterocycles. The molecule has 21 heavy (non-hydrogen) atoms. The lowest BCUT2D eigenvalue weighted by atomic mass is 10.2. The monoisotopic (exact) mass is 295 g/mol. The van der Waals surface area contributed by atoms with Gasteiger partial charge in [0, 0.05) is 13.0 Å². The van der Waals surface area contributed by atoms with Crippen molar-refractivity contribution in [3.05, 3.63) is 23.8 Å². The third-order valence-corrected chi connectivity index (χ3v) is 2.65. The first-order chi connectivity index (χ1) is 9.92. The van der Waals surface area contributed by atoms with Gasteiger partial charge in [0.05, 0.1) is 19.6 Å². The average molecular weight is 295 g/mol. The van der Waals surface area contributed by atoms with E-state index in [9.17, 15) is 9.59 Å². The summed E-state index contributed by atoms with van der Waals surface area (Å²) in [5.74, 6) is -0.0321. The normalized spacial score (nSPS) is 10.3. The Labute approximate surface area is 124 Å². The molecule has 0 fully saturated rings. The second kappa shape index (κ2) is 8.14. The second-order valence-electron chi connectivity index (χ2n) is 4.82. The van der Waals surface area contributed by atoms with Gasteiger partial charge in [0.1, 0.15) is 0 Å².